The van der Waals surface area contributed by atoms with Crippen LogP contribution in [0.15, 0.2) is 17.5 Å². The molecule has 4 heteroatoms. The number of nitrogens with one attached hydrogen (secondary N) is 1. The van der Waals surface area contributed by atoms with Crippen LogP contribution in [0.1, 0.15) is 55.1 Å². The summed E-state index contributed by atoms with van der Waals surface area (Å²) in [6.45, 7) is 0. The summed E-state index contributed by atoms with van der Waals surface area (Å²) in [4.78, 5) is 12.4. The normalized spacial score (nSPS) is 20.2. The number of fused-ring (bicyclic) bond motifs is 1. The molecule has 2 aromatic heterocycles. The second kappa shape index (κ2) is 4.37. The number of hydrogen-bond donors (Lipinski definition) is 1. The van der Waals surface area contributed by atoms with Crippen LogP contribution in [0.2, 0.25) is 0 Å². The van der Waals surface area contributed by atoms with E-state index in [1.54, 1.807) is 11.3 Å². The molecule has 0 spiro atoms. The first kappa shape index (κ1) is 11.5. The van der Waals surface area contributed by atoms with Gasteiger partial charge in [-0.25, -0.2) is 0 Å². The van der Waals surface area contributed by atoms with Crippen LogP contribution < -0.4 is 5.32 Å². The van der Waals surface area contributed by atoms with Crippen LogP contribution in [0, 0.1) is 0 Å². The molecule has 3 nitrogen and oxygen atoms in total. The van der Waals surface area contributed by atoms with Gasteiger partial charge in [-0.15, -0.1) is 11.3 Å². The minimum absolute atomic E-state index is 0.123. The lowest BCUT2D eigenvalue weighted by atomic mass is 10.2. The van der Waals surface area contributed by atoms with E-state index in [1.807, 2.05) is 0 Å². The van der Waals surface area contributed by atoms with E-state index in [9.17, 15) is 4.79 Å². The van der Waals surface area contributed by atoms with Gasteiger partial charge in [0.2, 0.25) is 0 Å². The van der Waals surface area contributed by atoms with Gasteiger partial charge in [-0.2, -0.15) is 0 Å². The summed E-state index contributed by atoms with van der Waals surface area (Å²) in [6.07, 6.45) is 7.29. The van der Waals surface area contributed by atoms with Crippen molar-refractivity contribution in [3.63, 3.8) is 0 Å². The number of nitrogens with zero attached hydrogens (tertiary/aromatic N) is 1. The largest absolute Gasteiger partial charge is 0.348 e. The molecule has 2 aliphatic rings. The van der Waals surface area contributed by atoms with E-state index in [1.165, 1.54) is 35.9 Å². The minimum Gasteiger partial charge on any atom is -0.348 e. The molecule has 2 aliphatic carbocycles. The Balaban J connectivity index is 1.76. The minimum atomic E-state index is 0.123. The van der Waals surface area contributed by atoms with Crippen molar-refractivity contribution in [1.29, 1.82) is 0 Å². The molecule has 0 radical (unpaired) electrons. The Morgan fingerprint density at radius 3 is 2.79 bits per heavy atom. The number of hydrogen-bond acceptors (Lipinski definition) is 2. The summed E-state index contributed by atoms with van der Waals surface area (Å²) in [7, 11) is 0. The average molecular weight is 274 g/mol. The van der Waals surface area contributed by atoms with Gasteiger partial charge in [0, 0.05) is 12.1 Å². The van der Waals surface area contributed by atoms with Gasteiger partial charge in [0.15, 0.2) is 0 Å². The van der Waals surface area contributed by atoms with Gasteiger partial charge < -0.3 is 9.88 Å². The second-order valence-electron chi connectivity index (χ2n) is 5.76. The zero-order chi connectivity index (χ0) is 12.8. The molecule has 2 heterocycles. The van der Waals surface area contributed by atoms with E-state index in [4.69, 9.17) is 0 Å². The first-order valence-electron chi connectivity index (χ1n) is 7.22. The zero-order valence-electron chi connectivity index (χ0n) is 10.9. The van der Waals surface area contributed by atoms with E-state index in [0.29, 0.717) is 12.1 Å². The van der Waals surface area contributed by atoms with Crippen LogP contribution in [-0.4, -0.2) is 16.5 Å². The summed E-state index contributed by atoms with van der Waals surface area (Å²) >= 11 is 1.73. The monoisotopic (exact) mass is 274 g/mol. The van der Waals surface area contributed by atoms with E-state index in [0.717, 1.165) is 18.5 Å². The second-order valence-corrected chi connectivity index (χ2v) is 6.70. The van der Waals surface area contributed by atoms with E-state index < -0.39 is 0 Å². The molecular formula is C15H18N2OS. The predicted molar refractivity (Wildman–Crippen MR) is 77.8 cm³/mol. The van der Waals surface area contributed by atoms with Crippen LogP contribution in [0.4, 0.5) is 0 Å². The number of carbonyl (C=O) groups excluding carboxylic acids is 1. The molecule has 0 aromatic carbocycles. The molecule has 2 aromatic rings. The number of rotatable bonds is 3. The van der Waals surface area contributed by atoms with Crippen LogP contribution in [0.5, 0.6) is 0 Å². The van der Waals surface area contributed by atoms with Crippen molar-refractivity contribution in [2.24, 2.45) is 0 Å². The Morgan fingerprint density at radius 1 is 1.26 bits per heavy atom. The molecule has 100 valence electrons. The summed E-state index contributed by atoms with van der Waals surface area (Å²) < 4.78 is 3.55. The number of amides is 1. The third-order valence-electron chi connectivity index (χ3n) is 4.30. The van der Waals surface area contributed by atoms with Gasteiger partial charge in [0.25, 0.3) is 5.91 Å². The first-order valence-corrected chi connectivity index (χ1v) is 8.10. The van der Waals surface area contributed by atoms with Crippen molar-refractivity contribution >= 4 is 27.5 Å². The number of aromatic nitrogens is 1. The van der Waals surface area contributed by atoms with Crippen molar-refractivity contribution in [1.82, 2.24) is 9.88 Å². The topological polar surface area (TPSA) is 34.0 Å². The Bertz CT molecular complexity index is 617. The quantitative estimate of drug-likeness (QED) is 0.909. The van der Waals surface area contributed by atoms with E-state index in [-0.39, 0.29) is 5.91 Å². The third-order valence-corrected chi connectivity index (χ3v) is 5.15. The molecule has 1 N–H and O–H groups in total. The smallest absolute Gasteiger partial charge is 0.268 e. The lowest BCUT2D eigenvalue weighted by Crippen LogP contribution is -2.28. The van der Waals surface area contributed by atoms with Crippen LogP contribution in [-0.2, 0) is 0 Å². The highest BCUT2D eigenvalue weighted by atomic mass is 32.1. The summed E-state index contributed by atoms with van der Waals surface area (Å²) in [5, 5.41) is 5.25. The fraction of sp³-hybridized carbons (Fsp3) is 0.533. The van der Waals surface area contributed by atoms with Crippen molar-refractivity contribution in [2.45, 2.75) is 50.6 Å². The number of carbonyl (C=O) groups is 1. The predicted octanol–water partition coefficient (Wildman–Crippen LogP) is 3.71. The van der Waals surface area contributed by atoms with Crippen molar-refractivity contribution in [2.75, 3.05) is 0 Å². The van der Waals surface area contributed by atoms with Crippen molar-refractivity contribution in [3.8, 4) is 0 Å². The van der Waals surface area contributed by atoms with E-state index in [2.05, 4.69) is 27.4 Å². The van der Waals surface area contributed by atoms with Crippen LogP contribution in [0.3, 0.4) is 0 Å². The summed E-state index contributed by atoms with van der Waals surface area (Å²) in [5.41, 5.74) is 2.12. The molecule has 2 saturated carbocycles. The number of thiophene rings is 1. The highest BCUT2D eigenvalue weighted by molar-refractivity contribution is 7.17. The molecule has 0 bridgehead atoms. The maximum Gasteiger partial charge on any atom is 0.268 e. The Hall–Kier alpha value is -1.29. The SMILES string of the molecule is O=C(NC1CC1)c1cc2sccc2n1C1CCCC1. The van der Waals surface area contributed by atoms with Gasteiger partial charge in [-0.3, -0.25) is 4.79 Å². The summed E-state index contributed by atoms with van der Waals surface area (Å²) in [6, 6.07) is 5.19. The fourth-order valence-corrected chi connectivity index (χ4v) is 3.97. The zero-order valence-corrected chi connectivity index (χ0v) is 11.7. The standard InChI is InChI=1S/C15H18N2OS/c18-15(16-10-5-6-10)13-9-14-12(7-8-19-14)17(13)11-3-1-2-4-11/h7-11H,1-6H2,(H,16,18). The van der Waals surface area contributed by atoms with Gasteiger partial charge >= 0.3 is 0 Å². The molecule has 0 aliphatic heterocycles. The molecule has 4 rings (SSSR count). The average Bonchev–Trinajstić information content (AvgIpc) is 2.86. The van der Waals surface area contributed by atoms with Crippen LogP contribution in [0.25, 0.3) is 10.2 Å². The van der Waals surface area contributed by atoms with E-state index >= 15 is 0 Å². The summed E-state index contributed by atoms with van der Waals surface area (Å²) in [5.74, 6) is 0.123. The molecular weight excluding hydrogens is 256 g/mol. The maximum absolute atomic E-state index is 12.4. The Morgan fingerprint density at radius 2 is 2.05 bits per heavy atom. The van der Waals surface area contributed by atoms with Crippen molar-refractivity contribution < 1.29 is 4.79 Å². The van der Waals surface area contributed by atoms with Gasteiger partial charge in [-0.05, 0) is 43.2 Å². The van der Waals surface area contributed by atoms with Gasteiger partial charge in [0.1, 0.15) is 5.69 Å². The molecule has 19 heavy (non-hydrogen) atoms. The molecule has 0 unspecified atom stereocenters. The molecule has 1 amide bonds. The third kappa shape index (κ3) is 1.98. The van der Waals surface area contributed by atoms with Crippen LogP contribution >= 0.6 is 11.3 Å². The highest BCUT2D eigenvalue weighted by Gasteiger charge is 2.28. The van der Waals surface area contributed by atoms with Gasteiger partial charge in [-0.1, -0.05) is 12.8 Å². The highest BCUT2D eigenvalue weighted by Crippen LogP contribution is 2.36. The Kier molecular flexibility index (Phi) is 2.65. The van der Waals surface area contributed by atoms with Gasteiger partial charge in [0.05, 0.1) is 10.2 Å². The molecule has 2 fully saturated rings. The first-order chi connectivity index (χ1) is 9.33. The lowest BCUT2D eigenvalue weighted by molar-refractivity contribution is 0.0940. The fourth-order valence-electron chi connectivity index (χ4n) is 3.16. The lowest BCUT2D eigenvalue weighted by Gasteiger charge is -2.17. The molecule has 0 atom stereocenters. The maximum atomic E-state index is 12.4. The Labute approximate surface area is 116 Å². The van der Waals surface area contributed by atoms with Crippen molar-refractivity contribution in [3.05, 3.63) is 23.2 Å². The molecule has 0 saturated heterocycles.